The van der Waals surface area contributed by atoms with Gasteiger partial charge in [0.2, 0.25) is 18.1 Å². The third kappa shape index (κ3) is 3.21. The zero-order valence-corrected chi connectivity index (χ0v) is 16.7. The molecule has 9 nitrogen and oxygen atoms in total. The number of imidazole rings is 1. The number of aliphatic hydroxyl groups excluding tert-OH is 1. The molecule has 10 heteroatoms. The van der Waals surface area contributed by atoms with E-state index in [-0.39, 0.29) is 23.5 Å². The second kappa shape index (κ2) is 6.94. The van der Waals surface area contributed by atoms with Crippen molar-refractivity contribution < 1.29 is 19.0 Å². The number of aromatic nitrogens is 4. The van der Waals surface area contributed by atoms with Crippen molar-refractivity contribution in [2.75, 3.05) is 23.3 Å². The standard InChI is InChI=1S/C19H25FN6O3/c1-10(2)16(28)24-18-22-14(25-7-5-6-8-25)12-15(23-18)26(9-21-12)17-19(4,20)13(27)11(3)29-17/h9-10,13,17,27H,3,5-8H2,1-2,4H3,(H,22,23,24,28)/t13-,17-,19-/m1/s1. The fraction of sp³-hybridized carbons (Fsp3) is 0.579. The van der Waals surface area contributed by atoms with Gasteiger partial charge in [0, 0.05) is 19.0 Å². The molecule has 156 valence electrons. The Kier molecular flexibility index (Phi) is 4.68. The maximum absolute atomic E-state index is 15.2. The molecular formula is C19H25FN6O3. The van der Waals surface area contributed by atoms with E-state index in [1.54, 1.807) is 13.8 Å². The topological polar surface area (TPSA) is 105 Å². The quantitative estimate of drug-likeness (QED) is 0.804. The first-order valence-electron chi connectivity index (χ1n) is 9.73. The number of alkyl halides is 1. The van der Waals surface area contributed by atoms with Crippen LogP contribution in [0.1, 0.15) is 39.8 Å². The number of hydrogen-bond donors (Lipinski definition) is 2. The highest BCUT2D eigenvalue weighted by molar-refractivity contribution is 5.92. The highest BCUT2D eigenvalue weighted by Gasteiger charge is 2.53. The van der Waals surface area contributed by atoms with Gasteiger partial charge >= 0.3 is 0 Å². The Morgan fingerprint density at radius 1 is 1.41 bits per heavy atom. The number of hydrogen-bond acceptors (Lipinski definition) is 7. The van der Waals surface area contributed by atoms with Gasteiger partial charge in [0.1, 0.15) is 18.2 Å². The van der Waals surface area contributed by atoms with Crippen LogP contribution in [-0.4, -0.2) is 55.4 Å². The summed E-state index contributed by atoms with van der Waals surface area (Å²) in [7, 11) is 0. The van der Waals surface area contributed by atoms with Gasteiger partial charge in [-0.3, -0.25) is 14.7 Å². The predicted molar refractivity (Wildman–Crippen MR) is 105 cm³/mol. The van der Waals surface area contributed by atoms with Crippen LogP contribution in [0.3, 0.4) is 0 Å². The number of rotatable bonds is 4. The third-order valence-corrected chi connectivity index (χ3v) is 5.41. The highest BCUT2D eigenvalue weighted by atomic mass is 19.1. The molecule has 2 fully saturated rings. The van der Waals surface area contributed by atoms with Crippen LogP contribution in [-0.2, 0) is 9.53 Å². The fourth-order valence-corrected chi connectivity index (χ4v) is 3.63. The summed E-state index contributed by atoms with van der Waals surface area (Å²) in [5.41, 5.74) is -1.32. The Bertz CT molecular complexity index is 966. The summed E-state index contributed by atoms with van der Waals surface area (Å²) in [6.07, 6.45) is 0.816. The molecule has 1 amide bonds. The van der Waals surface area contributed by atoms with Crippen LogP contribution in [0, 0.1) is 5.92 Å². The Morgan fingerprint density at radius 2 is 2.10 bits per heavy atom. The molecule has 2 saturated heterocycles. The molecule has 0 aliphatic carbocycles. The summed E-state index contributed by atoms with van der Waals surface area (Å²) in [4.78, 5) is 27.6. The van der Waals surface area contributed by atoms with E-state index in [0.29, 0.717) is 17.0 Å². The third-order valence-electron chi connectivity index (χ3n) is 5.41. The molecule has 4 heterocycles. The molecule has 2 aromatic heterocycles. The maximum atomic E-state index is 15.2. The van der Waals surface area contributed by atoms with Crippen molar-refractivity contribution in [2.24, 2.45) is 5.92 Å². The molecule has 2 aliphatic heterocycles. The van der Waals surface area contributed by atoms with Crippen molar-refractivity contribution in [3.8, 4) is 0 Å². The number of aliphatic hydroxyl groups is 1. The SMILES string of the molecule is C=C1O[C@@H](n2cnc3c(N4CCCC4)nc(NC(=O)C(C)C)nc32)[C@](C)(F)[C@@H]1O. The number of anilines is 2. The molecule has 4 rings (SSSR count). The van der Waals surface area contributed by atoms with E-state index < -0.39 is 18.0 Å². The lowest BCUT2D eigenvalue weighted by Crippen LogP contribution is -2.36. The van der Waals surface area contributed by atoms with Gasteiger partial charge in [0.25, 0.3) is 0 Å². The number of nitrogens with zero attached hydrogens (tertiary/aromatic N) is 5. The number of fused-ring (bicyclic) bond motifs is 1. The van der Waals surface area contributed by atoms with E-state index in [4.69, 9.17) is 4.74 Å². The maximum Gasteiger partial charge on any atom is 0.233 e. The van der Waals surface area contributed by atoms with Gasteiger partial charge in [0.15, 0.2) is 22.7 Å². The first-order chi connectivity index (χ1) is 13.7. The average Bonchev–Trinajstić information content (AvgIpc) is 3.37. The molecule has 3 atom stereocenters. The monoisotopic (exact) mass is 404 g/mol. The molecule has 0 spiro atoms. The van der Waals surface area contributed by atoms with Crippen LogP contribution >= 0.6 is 0 Å². The molecule has 2 aromatic rings. The van der Waals surface area contributed by atoms with E-state index in [1.165, 1.54) is 17.8 Å². The number of carbonyl (C=O) groups excluding carboxylic acids is 1. The minimum atomic E-state index is -2.12. The second-order valence-corrected chi connectivity index (χ2v) is 8.02. The van der Waals surface area contributed by atoms with Crippen LogP contribution in [0.15, 0.2) is 18.7 Å². The van der Waals surface area contributed by atoms with Crippen molar-refractivity contribution in [1.29, 1.82) is 0 Å². The zero-order valence-electron chi connectivity index (χ0n) is 16.7. The minimum Gasteiger partial charge on any atom is -0.469 e. The fourth-order valence-electron chi connectivity index (χ4n) is 3.63. The largest absolute Gasteiger partial charge is 0.469 e. The number of nitrogens with one attached hydrogen (secondary N) is 1. The molecule has 29 heavy (non-hydrogen) atoms. The molecular weight excluding hydrogens is 379 g/mol. The smallest absolute Gasteiger partial charge is 0.233 e. The Morgan fingerprint density at radius 3 is 2.69 bits per heavy atom. The van der Waals surface area contributed by atoms with E-state index in [0.717, 1.165) is 25.9 Å². The molecule has 0 saturated carbocycles. The lowest BCUT2D eigenvalue weighted by atomic mass is 10.0. The minimum absolute atomic E-state index is 0.0518. The lowest BCUT2D eigenvalue weighted by molar-refractivity contribution is -0.118. The van der Waals surface area contributed by atoms with Crippen LogP contribution in [0.2, 0.25) is 0 Å². The van der Waals surface area contributed by atoms with Gasteiger partial charge in [-0.25, -0.2) is 9.37 Å². The number of amides is 1. The lowest BCUT2D eigenvalue weighted by Gasteiger charge is -2.24. The van der Waals surface area contributed by atoms with Gasteiger partial charge in [-0.15, -0.1) is 0 Å². The highest BCUT2D eigenvalue weighted by Crippen LogP contribution is 2.44. The summed E-state index contributed by atoms with van der Waals surface area (Å²) in [5, 5.41) is 12.8. The van der Waals surface area contributed by atoms with Crippen molar-refractivity contribution in [2.45, 2.75) is 51.6 Å². The summed E-state index contributed by atoms with van der Waals surface area (Å²) in [6.45, 7) is 10.00. The number of halogens is 1. The van der Waals surface area contributed by atoms with Crippen LogP contribution in [0.4, 0.5) is 16.2 Å². The van der Waals surface area contributed by atoms with Gasteiger partial charge in [-0.05, 0) is 19.8 Å². The van der Waals surface area contributed by atoms with E-state index in [2.05, 4.69) is 31.7 Å². The number of carbonyl (C=O) groups is 1. The summed E-state index contributed by atoms with van der Waals surface area (Å²) < 4.78 is 22.1. The average molecular weight is 404 g/mol. The van der Waals surface area contributed by atoms with Gasteiger partial charge in [0.05, 0.1) is 0 Å². The van der Waals surface area contributed by atoms with Crippen molar-refractivity contribution in [1.82, 2.24) is 19.5 Å². The van der Waals surface area contributed by atoms with Gasteiger partial charge in [-0.2, -0.15) is 9.97 Å². The molecule has 0 unspecified atom stereocenters. The second-order valence-electron chi connectivity index (χ2n) is 8.02. The molecule has 2 aliphatic rings. The van der Waals surface area contributed by atoms with E-state index >= 15 is 4.39 Å². The van der Waals surface area contributed by atoms with Gasteiger partial charge < -0.3 is 14.7 Å². The van der Waals surface area contributed by atoms with Crippen LogP contribution in [0.5, 0.6) is 0 Å². The zero-order chi connectivity index (χ0) is 20.9. The molecule has 2 N–H and O–H groups in total. The Labute approximate surface area is 167 Å². The first kappa shape index (κ1) is 19.6. The Balaban J connectivity index is 1.84. The Hall–Kier alpha value is -2.75. The van der Waals surface area contributed by atoms with E-state index in [9.17, 15) is 9.90 Å². The summed E-state index contributed by atoms with van der Waals surface area (Å²) in [5.74, 6) is 0.185. The van der Waals surface area contributed by atoms with Crippen molar-refractivity contribution in [3.63, 3.8) is 0 Å². The molecule has 0 bridgehead atoms. The first-order valence-corrected chi connectivity index (χ1v) is 9.73. The van der Waals surface area contributed by atoms with Crippen molar-refractivity contribution in [3.05, 3.63) is 18.7 Å². The summed E-state index contributed by atoms with van der Waals surface area (Å²) in [6, 6.07) is 0. The molecule has 0 aromatic carbocycles. The number of ether oxygens (including phenoxy) is 1. The molecule has 0 radical (unpaired) electrons. The van der Waals surface area contributed by atoms with Crippen molar-refractivity contribution >= 4 is 28.8 Å². The predicted octanol–water partition coefficient (Wildman–Crippen LogP) is 2.15. The summed E-state index contributed by atoms with van der Waals surface area (Å²) >= 11 is 0. The normalized spacial score (nSPS) is 27.1. The van der Waals surface area contributed by atoms with E-state index in [1.807, 2.05) is 0 Å². The van der Waals surface area contributed by atoms with Gasteiger partial charge in [-0.1, -0.05) is 20.4 Å². The van der Waals surface area contributed by atoms with Crippen LogP contribution < -0.4 is 10.2 Å². The van der Waals surface area contributed by atoms with Crippen LogP contribution in [0.25, 0.3) is 11.2 Å².